The number of carbonyl (C=O) groups is 1. The quantitative estimate of drug-likeness (QED) is 0.797. The lowest BCUT2D eigenvalue weighted by Crippen LogP contribution is -2.42. The number of carbonyl (C=O) groups excluding carboxylic acids is 1. The number of likely N-dealkylation sites (tertiary alicyclic amines) is 1. The summed E-state index contributed by atoms with van der Waals surface area (Å²) >= 11 is 3.43. The van der Waals surface area contributed by atoms with Crippen molar-refractivity contribution in [3.8, 4) is 0 Å². The molecule has 2 saturated heterocycles. The lowest BCUT2D eigenvalue weighted by atomic mass is 10.00. The standard InChI is InChI=1S/C18H25BrN2O3/c19-15-3-1-13(2-4-15)12-24-16-5-7-21(8-6-16)18(23)9-14-10-20-11-17(14)22/h1-4,14,16-17,20,22H,5-12H2/t14-,17-/m1/s1. The summed E-state index contributed by atoms with van der Waals surface area (Å²) in [5, 5.41) is 12.9. The predicted molar refractivity (Wildman–Crippen MR) is 95.5 cm³/mol. The molecule has 0 radical (unpaired) electrons. The van der Waals surface area contributed by atoms with Crippen molar-refractivity contribution in [2.45, 2.75) is 38.1 Å². The maximum absolute atomic E-state index is 12.4. The summed E-state index contributed by atoms with van der Waals surface area (Å²) in [4.78, 5) is 14.3. The van der Waals surface area contributed by atoms with Crippen molar-refractivity contribution < 1.29 is 14.6 Å². The Hall–Kier alpha value is -0.950. The molecule has 6 heteroatoms. The van der Waals surface area contributed by atoms with E-state index in [4.69, 9.17) is 4.74 Å². The topological polar surface area (TPSA) is 61.8 Å². The van der Waals surface area contributed by atoms with Crippen LogP contribution in [0.3, 0.4) is 0 Å². The Kier molecular flexibility index (Phi) is 6.27. The average molecular weight is 397 g/mol. The number of hydrogen-bond acceptors (Lipinski definition) is 4. The third kappa shape index (κ3) is 4.79. The molecule has 2 aliphatic heterocycles. The molecule has 2 heterocycles. The fourth-order valence-corrected chi connectivity index (χ4v) is 3.61. The number of hydrogen-bond donors (Lipinski definition) is 2. The molecular weight excluding hydrogens is 372 g/mol. The van der Waals surface area contributed by atoms with Crippen molar-refractivity contribution in [3.63, 3.8) is 0 Å². The average Bonchev–Trinajstić information content (AvgIpc) is 3.00. The number of piperidine rings is 1. The number of nitrogens with one attached hydrogen (secondary N) is 1. The van der Waals surface area contributed by atoms with Crippen LogP contribution in [0.5, 0.6) is 0 Å². The van der Waals surface area contributed by atoms with Crippen LogP contribution in [0.2, 0.25) is 0 Å². The highest BCUT2D eigenvalue weighted by Gasteiger charge is 2.30. The third-order valence-electron chi connectivity index (χ3n) is 4.93. The summed E-state index contributed by atoms with van der Waals surface area (Å²) in [6, 6.07) is 8.16. The van der Waals surface area contributed by atoms with Crippen LogP contribution >= 0.6 is 15.9 Å². The summed E-state index contributed by atoms with van der Waals surface area (Å²) < 4.78 is 7.05. The van der Waals surface area contributed by atoms with Crippen molar-refractivity contribution >= 4 is 21.8 Å². The van der Waals surface area contributed by atoms with Crippen LogP contribution in [0.25, 0.3) is 0 Å². The first-order chi connectivity index (χ1) is 11.6. The van der Waals surface area contributed by atoms with E-state index >= 15 is 0 Å². The van der Waals surface area contributed by atoms with Gasteiger partial charge in [0.1, 0.15) is 0 Å². The first-order valence-corrected chi connectivity index (χ1v) is 9.43. The van der Waals surface area contributed by atoms with E-state index in [0.29, 0.717) is 19.6 Å². The minimum absolute atomic E-state index is 0.0591. The normalized spacial score (nSPS) is 25.2. The molecule has 1 aromatic rings. The zero-order chi connectivity index (χ0) is 16.9. The Morgan fingerprint density at radius 1 is 1.25 bits per heavy atom. The Morgan fingerprint density at radius 2 is 1.96 bits per heavy atom. The van der Waals surface area contributed by atoms with Gasteiger partial charge in [-0.15, -0.1) is 0 Å². The Balaban J connectivity index is 1.39. The van der Waals surface area contributed by atoms with Gasteiger partial charge in [0.05, 0.1) is 18.8 Å². The van der Waals surface area contributed by atoms with E-state index in [-0.39, 0.29) is 24.0 Å². The van der Waals surface area contributed by atoms with Crippen LogP contribution in [-0.2, 0) is 16.1 Å². The molecule has 24 heavy (non-hydrogen) atoms. The van der Waals surface area contributed by atoms with Crippen molar-refractivity contribution in [1.82, 2.24) is 10.2 Å². The summed E-state index contributed by atoms with van der Waals surface area (Å²) in [6.45, 7) is 3.45. The Labute approximate surface area is 151 Å². The van der Waals surface area contributed by atoms with Crippen molar-refractivity contribution in [2.75, 3.05) is 26.2 Å². The number of aliphatic hydroxyl groups excluding tert-OH is 1. The smallest absolute Gasteiger partial charge is 0.222 e. The van der Waals surface area contributed by atoms with Gasteiger partial charge in [0.25, 0.3) is 0 Å². The molecule has 0 aromatic heterocycles. The molecule has 0 bridgehead atoms. The largest absolute Gasteiger partial charge is 0.391 e. The first kappa shape index (κ1) is 17.9. The van der Waals surface area contributed by atoms with E-state index in [1.54, 1.807) is 0 Å². The Morgan fingerprint density at radius 3 is 2.58 bits per heavy atom. The molecule has 2 aliphatic rings. The van der Waals surface area contributed by atoms with Crippen LogP contribution < -0.4 is 5.32 Å². The molecule has 2 N–H and O–H groups in total. The second kappa shape index (κ2) is 8.43. The number of β-amino-alcohol motifs (C(OH)–C–C–N with tert-alkyl or cyclic N) is 1. The van der Waals surface area contributed by atoms with Crippen LogP contribution in [0.4, 0.5) is 0 Å². The number of halogens is 1. The van der Waals surface area contributed by atoms with Gasteiger partial charge in [-0.3, -0.25) is 4.79 Å². The molecule has 0 spiro atoms. The molecule has 0 aliphatic carbocycles. The molecule has 0 saturated carbocycles. The highest BCUT2D eigenvalue weighted by Crippen LogP contribution is 2.20. The molecule has 0 unspecified atom stereocenters. The van der Waals surface area contributed by atoms with E-state index in [0.717, 1.165) is 36.9 Å². The fourth-order valence-electron chi connectivity index (χ4n) is 3.35. The van der Waals surface area contributed by atoms with Gasteiger partial charge in [0.2, 0.25) is 5.91 Å². The number of aliphatic hydroxyl groups is 1. The number of amides is 1. The van der Waals surface area contributed by atoms with E-state index in [9.17, 15) is 9.90 Å². The first-order valence-electron chi connectivity index (χ1n) is 8.64. The van der Waals surface area contributed by atoms with Gasteiger partial charge in [-0.25, -0.2) is 0 Å². The molecule has 1 aromatic carbocycles. The summed E-state index contributed by atoms with van der Waals surface area (Å²) in [5.74, 6) is 0.220. The second-order valence-electron chi connectivity index (χ2n) is 6.71. The van der Waals surface area contributed by atoms with Gasteiger partial charge in [-0.05, 0) is 30.5 Å². The monoisotopic (exact) mass is 396 g/mol. The lowest BCUT2D eigenvalue weighted by Gasteiger charge is -2.32. The number of nitrogens with zero attached hydrogens (tertiary/aromatic N) is 1. The van der Waals surface area contributed by atoms with Gasteiger partial charge < -0.3 is 20.1 Å². The minimum Gasteiger partial charge on any atom is -0.391 e. The molecule has 132 valence electrons. The van der Waals surface area contributed by atoms with Crippen LogP contribution in [-0.4, -0.2) is 54.3 Å². The summed E-state index contributed by atoms with van der Waals surface area (Å²) in [5.41, 5.74) is 1.17. The maximum Gasteiger partial charge on any atom is 0.222 e. The van der Waals surface area contributed by atoms with E-state index in [1.165, 1.54) is 5.56 Å². The number of rotatable bonds is 5. The number of benzene rings is 1. The van der Waals surface area contributed by atoms with E-state index in [1.807, 2.05) is 17.0 Å². The zero-order valence-corrected chi connectivity index (χ0v) is 15.4. The fraction of sp³-hybridized carbons (Fsp3) is 0.611. The highest BCUT2D eigenvalue weighted by atomic mass is 79.9. The number of ether oxygens (including phenoxy) is 1. The van der Waals surface area contributed by atoms with Gasteiger partial charge in [0, 0.05) is 43.0 Å². The third-order valence-corrected chi connectivity index (χ3v) is 5.46. The van der Waals surface area contributed by atoms with Gasteiger partial charge in [-0.1, -0.05) is 28.1 Å². The van der Waals surface area contributed by atoms with E-state index in [2.05, 4.69) is 33.4 Å². The molecule has 5 nitrogen and oxygen atoms in total. The van der Waals surface area contributed by atoms with Crippen molar-refractivity contribution in [1.29, 1.82) is 0 Å². The molecule has 2 atom stereocenters. The van der Waals surface area contributed by atoms with E-state index < -0.39 is 0 Å². The molecule has 1 amide bonds. The van der Waals surface area contributed by atoms with Gasteiger partial charge >= 0.3 is 0 Å². The van der Waals surface area contributed by atoms with Crippen LogP contribution in [0, 0.1) is 5.92 Å². The molecular formula is C18H25BrN2O3. The SMILES string of the molecule is O=C(C[C@@H]1CNC[C@H]1O)N1CCC(OCc2ccc(Br)cc2)CC1. The Bertz CT molecular complexity index is 544. The highest BCUT2D eigenvalue weighted by molar-refractivity contribution is 9.10. The summed E-state index contributed by atoms with van der Waals surface area (Å²) in [6.07, 6.45) is 2.04. The zero-order valence-electron chi connectivity index (χ0n) is 13.8. The van der Waals surface area contributed by atoms with Crippen molar-refractivity contribution in [2.24, 2.45) is 5.92 Å². The molecule has 3 rings (SSSR count). The lowest BCUT2D eigenvalue weighted by molar-refractivity contribution is -0.135. The minimum atomic E-state index is -0.388. The van der Waals surface area contributed by atoms with Gasteiger partial charge in [0.15, 0.2) is 0 Å². The van der Waals surface area contributed by atoms with Crippen LogP contribution in [0.15, 0.2) is 28.7 Å². The van der Waals surface area contributed by atoms with Crippen LogP contribution in [0.1, 0.15) is 24.8 Å². The van der Waals surface area contributed by atoms with Crippen molar-refractivity contribution in [3.05, 3.63) is 34.3 Å². The second-order valence-corrected chi connectivity index (χ2v) is 7.62. The van der Waals surface area contributed by atoms with Gasteiger partial charge in [-0.2, -0.15) is 0 Å². The maximum atomic E-state index is 12.4. The predicted octanol–water partition coefficient (Wildman–Crippen LogP) is 1.93. The summed E-state index contributed by atoms with van der Waals surface area (Å²) in [7, 11) is 0. The molecule has 2 fully saturated rings.